The molecule has 0 spiro atoms. The summed E-state index contributed by atoms with van der Waals surface area (Å²) in [5, 5.41) is 1.04. The molecule has 2 rings (SSSR count). The van der Waals surface area contributed by atoms with E-state index < -0.39 is 0 Å². The maximum atomic E-state index is 13.0. The molecule has 3 heteroatoms. The highest BCUT2D eigenvalue weighted by Gasteiger charge is 2.08. The lowest BCUT2D eigenvalue weighted by molar-refractivity contribution is 0.628. The van der Waals surface area contributed by atoms with Gasteiger partial charge < -0.3 is 0 Å². The van der Waals surface area contributed by atoms with Gasteiger partial charge in [-0.2, -0.15) is 0 Å². The summed E-state index contributed by atoms with van der Waals surface area (Å²) in [7, 11) is 0. The van der Waals surface area contributed by atoms with Crippen molar-refractivity contribution >= 4 is 23.2 Å². The molecule has 15 heavy (non-hydrogen) atoms. The molecular formula is C12H7Cl2F. The molecule has 0 radical (unpaired) electrons. The van der Waals surface area contributed by atoms with E-state index in [1.807, 2.05) is 0 Å². The van der Waals surface area contributed by atoms with Crippen LogP contribution in [0.3, 0.4) is 0 Å². The topological polar surface area (TPSA) is 0 Å². The molecule has 0 N–H and O–H groups in total. The molecular weight excluding hydrogens is 234 g/mol. The molecule has 0 saturated heterocycles. The van der Waals surface area contributed by atoms with Crippen LogP contribution in [0.15, 0.2) is 42.5 Å². The van der Waals surface area contributed by atoms with Crippen LogP contribution in [0.2, 0.25) is 10.0 Å². The first kappa shape index (κ1) is 10.5. The fourth-order valence-corrected chi connectivity index (χ4v) is 2.03. The van der Waals surface area contributed by atoms with Crippen LogP contribution in [0, 0.1) is 5.82 Å². The number of halogens is 3. The van der Waals surface area contributed by atoms with Gasteiger partial charge in [0.2, 0.25) is 0 Å². The second kappa shape index (κ2) is 4.21. The Kier molecular flexibility index (Phi) is 2.94. The van der Waals surface area contributed by atoms with Crippen molar-refractivity contribution in [1.29, 1.82) is 0 Å². The van der Waals surface area contributed by atoms with Gasteiger partial charge >= 0.3 is 0 Å². The summed E-state index contributed by atoms with van der Waals surface area (Å²) < 4.78 is 13.0. The van der Waals surface area contributed by atoms with E-state index in [1.54, 1.807) is 30.3 Å². The molecule has 0 fully saturated rings. The van der Waals surface area contributed by atoms with Crippen molar-refractivity contribution in [2.75, 3.05) is 0 Å². The first-order valence-electron chi connectivity index (χ1n) is 4.38. The van der Waals surface area contributed by atoms with Crippen molar-refractivity contribution in [1.82, 2.24) is 0 Å². The van der Waals surface area contributed by atoms with Crippen molar-refractivity contribution in [3.05, 3.63) is 58.3 Å². The molecule has 0 aliphatic carbocycles. The number of hydrogen-bond donors (Lipinski definition) is 0. The minimum atomic E-state index is -0.302. The zero-order valence-electron chi connectivity index (χ0n) is 7.68. The van der Waals surface area contributed by atoms with Crippen molar-refractivity contribution < 1.29 is 4.39 Å². The van der Waals surface area contributed by atoms with Crippen LogP contribution in [0.25, 0.3) is 11.1 Å². The Morgan fingerprint density at radius 1 is 0.867 bits per heavy atom. The van der Waals surface area contributed by atoms with E-state index in [0.29, 0.717) is 21.2 Å². The molecule has 0 heterocycles. The highest BCUT2D eigenvalue weighted by Crippen LogP contribution is 2.34. The lowest BCUT2D eigenvalue weighted by Crippen LogP contribution is -1.82. The summed E-state index contributed by atoms with van der Waals surface area (Å²) in [6, 6.07) is 11.4. The third-order valence-electron chi connectivity index (χ3n) is 2.08. The monoisotopic (exact) mass is 240 g/mol. The lowest BCUT2D eigenvalue weighted by atomic mass is 10.1. The molecule has 0 nitrogen and oxygen atoms in total. The third kappa shape index (κ3) is 2.14. The van der Waals surface area contributed by atoms with E-state index in [9.17, 15) is 4.39 Å². The van der Waals surface area contributed by atoms with Crippen LogP contribution in [0.1, 0.15) is 0 Å². The van der Waals surface area contributed by atoms with Crippen LogP contribution in [-0.2, 0) is 0 Å². The van der Waals surface area contributed by atoms with Gasteiger partial charge in [-0.25, -0.2) is 4.39 Å². The van der Waals surface area contributed by atoms with Crippen molar-refractivity contribution in [3.8, 4) is 11.1 Å². The van der Waals surface area contributed by atoms with Crippen LogP contribution in [0.4, 0.5) is 4.39 Å². The molecule has 2 aromatic carbocycles. The highest BCUT2D eigenvalue weighted by atomic mass is 35.5. The predicted molar refractivity (Wildman–Crippen MR) is 61.9 cm³/mol. The molecule has 0 unspecified atom stereocenters. The molecule has 0 aliphatic rings. The number of benzene rings is 2. The summed E-state index contributed by atoms with van der Waals surface area (Å²) in [4.78, 5) is 0. The van der Waals surface area contributed by atoms with E-state index in [-0.39, 0.29) is 5.82 Å². The van der Waals surface area contributed by atoms with Gasteiger partial charge in [-0.1, -0.05) is 41.4 Å². The molecule has 0 aromatic heterocycles. The molecule has 0 atom stereocenters. The normalized spacial score (nSPS) is 10.3. The van der Waals surface area contributed by atoms with Gasteiger partial charge in [0.15, 0.2) is 0 Å². The predicted octanol–water partition coefficient (Wildman–Crippen LogP) is 4.80. The van der Waals surface area contributed by atoms with Crippen LogP contribution >= 0.6 is 23.2 Å². The van der Waals surface area contributed by atoms with Crippen molar-refractivity contribution in [2.45, 2.75) is 0 Å². The average Bonchev–Trinajstić information content (AvgIpc) is 2.17. The average molecular weight is 241 g/mol. The second-order valence-electron chi connectivity index (χ2n) is 3.11. The number of hydrogen-bond acceptors (Lipinski definition) is 0. The Hall–Kier alpha value is -1.05. The minimum absolute atomic E-state index is 0.302. The minimum Gasteiger partial charge on any atom is -0.207 e. The first-order chi connectivity index (χ1) is 7.18. The second-order valence-corrected chi connectivity index (χ2v) is 3.92. The fourth-order valence-electron chi connectivity index (χ4n) is 1.42. The maximum Gasteiger partial charge on any atom is 0.123 e. The fraction of sp³-hybridized carbons (Fsp3) is 0. The highest BCUT2D eigenvalue weighted by molar-refractivity contribution is 6.39. The van der Waals surface area contributed by atoms with Crippen LogP contribution in [0.5, 0.6) is 0 Å². The van der Waals surface area contributed by atoms with E-state index in [1.165, 1.54) is 12.1 Å². The Balaban J connectivity index is 2.63. The SMILES string of the molecule is Fc1cccc(-c2c(Cl)cccc2Cl)c1. The summed E-state index contributed by atoms with van der Waals surface area (Å²) in [5.41, 5.74) is 1.35. The van der Waals surface area contributed by atoms with Gasteiger partial charge in [0.1, 0.15) is 5.82 Å². The van der Waals surface area contributed by atoms with Gasteiger partial charge in [-0.05, 0) is 29.8 Å². The Morgan fingerprint density at radius 3 is 2.07 bits per heavy atom. The van der Waals surface area contributed by atoms with Gasteiger partial charge in [-0.3, -0.25) is 0 Å². The van der Waals surface area contributed by atoms with Crippen LogP contribution in [-0.4, -0.2) is 0 Å². The van der Waals surface area contributed by atoms with Crippen molar-refractivity contribution in [2.24, 2.45) is 0 Å². The summed E-state index contributed by atoms with van der Waals surface area (Å²) >= 11 is 12.0. The molecule has 0 amide bonds. The Bertz CT molecular complexity index is 474. The van der Waals surface area contributed by atoms with E-state index in [2.05, 4.69) is 0 Å². The largest absolute Gasteiger partial charge is 0.207 e. The molecule has 0 saturated carbocycles. The Labute approximate surface area is 97.3 Å². The quantitative estimate of drug-likeness (QED) is 0.672. The van der Waals surface area contributed by atoms with Gasteiger partial charge in [-0.15, -0.1) is 0 Å². The van der Waals surface area contributed by atoms with Gasteiger partial charge in [0.05, 0.1) is 0 Å². The van der Waals surface area contributed by atoms with Gasteiger partial charge in [0.25, 0.3) is 0 Å². The summed E-state index contributed by atoms with van der Waals surface area (Å²) in [6.45, 7) is 0. The Morgan fingerprint density at radius 2 is 1.47 bits per heavy atom. The summed E-state index contributed by atoms with van der Waals surface area (Å²) in [5.74, 6) is -0.302. The zero-order chi connectivity index (χ0) is 10.8. The lowest BCUT2D eigenvalue weighted by Gasteiger charge is -2.06. The molecule has 2 aromatic rings. The first-order valence-corrected chi connectivity index (χ1v) is 5.14. The van der Waals surface area contributed by atoms with E-state index >= 15 is 0 Å². The third-order valence-corrected chi connectivity index (χ3v) is 2.71. The van der Waals surface area contributed by atoms with Crippen molar-refractivity contribution in [3.63, 3.8) is 0 Å². The number of rotatable bonds is 1. The maximum absolute atomic E-state index is 13.0. The molecule has 0 aliphatic heterocycles. The summed E-state index contributed by atoms with van der Waals surface area (Å²) in [6.07, 6.45) is 0. The van der Waals surface area contributed by atoms with Crippen LogP contribution < -0.4 is 0 Å². The van der Waals surface area contributed by atoms with E-state index in [0.717, 1.165) is 0 Å². The molecule has 76 valence electrons. The van der Waals surface area contributed by atoms with Gasteiger partial charge in [0, 0.05) is 15.6 Å². The molecule has 0 bridgehead atoms. The standard InChI is InChI=1S/C12H7Cl2F/c13-10-5-2-6-11(14)12(10)8-3-1-4-9(15)7-8/h1-7H. The zero-order valence-corrected chi connectivity index (χ0v) is 9.19. The smallest absolute Gasteiger partial charge is 0.123 e. The van der Waals surface area contributed by atoms with E-state index in [4.69, 9.17) is 23.2 Å².